The molecule has 0 aromatic carbocycles. The Kier molecular flexibility index (Phi) is 9.36. The fourth-order valence-corrected chi connectivity index (χ4v) is 3.57. The third-order valence-corrected chi connectivity index (χ3v) is 4.96. The largest absolute Gasteiger partial charge is 0.461 e. The average Bonchev–Trinajstić information content (AvgIpc) is 3.06. The first-order valence-corrected chi connectivity index (χ1v) is 10.7. The van der Waals surface area contributed by atoms with Gasteiger partial charge in [-0.1, -0.05) is 20.8 Å². The van der Waals surface area contributed by atoms with Crippen molar-refractivity contribution in [3.63, 3.8) is 0 Å². The van der Waals surface area contributed by atoms with Gasteiger partial charge in [-0.2, -0.15) is 0 Å². The summed E-state index contributed by atoms with van der Waals surface area (Å²) in [6.07, 6.45) is -0.177. The molecule has 0 saturated carbocycles. The van der Waals surface area contributed by atoms with Gasteiger partial charge in [0.05, 0.1) is 6.61 Å². The van der Waals surface area contributed by atoms with Crippen molar-refractivity contribution in [3.8, 4) is 0 Å². The Morgan fingerprint density at radius 3 is 2.43 bits per heavy atom. The first-order chi connectivity index (χ1) is 13.0. The summed E-state index contributed by atoms with van der Waals surface area (Å²) >= 11 is 1.21. The average molecular weight is 415 g/mol. The molecule has 28 heavy (non-hydrogen) atoms. The predicted octanol–water partition coefficient (Wildman–Crippen LogP) is 4.42. The zero-order valence-corrected chi connectivity index (χ0v) is 18.8. The molecule has 1 unspecified atom stereocenters. The van der Waals surface area contributed by atoms with E-state index in [9.17, 15) is 14.7 Å². The quantitative estimate of drug-likeness (QED) is 0.602. The van der Waals surface area contributed by atoms with E-state index >= 15 is 0 Å². The van der Waals surface area contributed by atoms with Gasteiger partial charge in [-0.05, 0) is 40.0 Å². The Labute approximate surface area is 172 Å². The summed E-state index contributed by atoms with van der Waals surface area (Å²) in [5, 5.41) is 12.7. The molecule has 1 N–H and O–H groups in total. The Morgan fingerprint density at radius 2 is 1.93 bits per heavy atom. The van der Waals surface area contributed by atoms with E-state index in [0.29, 0.717) is 18.0 Å². The standard InChI is InChI=1S/C20H34N2O5S/c1-8-10-22(19(25)27-20(5,6)7)15(13(3)4)11-16(23)17-21-14(12-28-17)18(24)26-9-2/h12-13,15-16,23H,8-11H2,1-7H3/t15?,16-/m1/s1. The molecular weight excluding hydrogens is 380 g/mol. The summed E-state index contributed by atoms with van der Waals surface area (Å²) in [5.74, 6) is -0.391. The van der Waals surface area contributed by atoms with Crippen LogP contribution in [-0.4, -0.2) is 51.8 Å². The molecule has 0 aliphatic carbocycles. The molecule has 0 spiro atoms. The van der Waals surface area contributed by atoms with Crippen molar-refractivity contribution < 1.29 is 24.2 Å². The van der Waals surface area contributed by atoms with Gasteiger partial charge in [-0.25, -0.2) is 14.6 Å². The number of aliphatic hydroxyl groups is 1. The van der Waals surface area contributed by atoms with Gasteiger partial charge in [0.15, 0.2) is 5.69 Å². The number of nitrogens with zero attached hydrogens (tertiary/aromatic N) is 2. The number of rotatable bonds is 9. The Hall–Kier alpha value is -1.67. The van der Waals surface area contributed by atoms with Crippen molar-refractivity contribution in [2.75, 3.05) is 13.2 Å². The zero-order chi connectivity index (χ0) is 21.5. The summed E-state index contributed by atoms with van der Waals surface area (Å²) in [5.41, 5.74) is -0.396. The number of ether oxygens (including phenoxy) is 2. The van der Waals surface area contributed by atoms with Crippen LogP contribution in [0.4, 0.5) is 4.79 Å². The van der Waals surface area contributed by atoms with E-state index in [-0.39, 0.29) is 30.4 Å². The predicted molar refractivity (Wildman–Crippen MR) is 110 cm³/mol. The third kappa shape index (κ3) is 7.39. The molecule has 7 nitrogen and oxygen atoms in total. The smallest absolute Gasteiger partial charge is 0.410 e. The fourth-order valence-electron chi connectivity index (χ4n) is 2.78. The molecule has 0 fully saturated rings. The topological polar surface area (TPSA) is 89.0 Å². The highest BCUT2D eigenvalue weighted by Crippen LogP contribution is 2.28. The summed E-state index contributed by atoms with van der Waals surface area (Å²) in [6, 6.07) is -0.222. The Morgan fingerprint density at radius 1 is 1.29 bits per heavy atom. The molecule has 1 aromatic rings. The third-order valence-electron chi connectivity index (χ3n) is 4.02. The molecule has 2 atom stereocenters. The van der Waals surface area contributed by atoms with Gasteiger partial charge >= 0.3 is 12.1 Å². The van der Waals surface area contributed by atoms with Crippen LogP contribution in [0.15, 0.2) is 5.38 Å². The second kappa shape index (κ2) is 10.8. The molecule has 1 heterocycles. The van der Waals surface area contributed by atoms with E-state index < -0.39 is 17.7 Å². The summed E-state index contributed by atoms with van der Waals surface area (Å²) in [7, 11) is 0. The maximum atomic E-state index is 12.7. The maximum absolute atomic E-state index is 12.7. The van der Waals surface area contributed by atoms with Crippen LogP contribution in [0, 0.1) is 5.92 Å². The minimum atomic E-state index is -0.887. The van der Waals surface area contributed by atoms with Gasteiger partial charge in [0.1, 0.15) is 16.7 Å². The fraction of sp³-hybridized carbons (Fsp3) is 0.750. The monoisotopic (exact) mass is 414 g/mol. The van der Waals surface area contributed by atoms with Crippen LogP contribution in [0.3, 0.4) is 0 Å². The Bertz CT molecular complexity index is 639. The van der Waals surface area contributed by atoms with Crippen molar-refractivity contribution >= 4 is 23.4 Å². The van der Waals surface area contributed by atoms with Gasteiger partial charge in [0.25, 0.3) is 0 Å². The normalized spacial score (nSPS) is 13.9. The lowest BCUT2D eigenvalue weighted by Crippen LogP contribution is -2.46. The van der Waals surface area contributed by atoms with E-state index in [1.165, 1.54) is 11.3 Å². The van der Waals surface area contributed by atoms with Crippen LogP contribution in [0.2, 0.25) is 0 Å². The summed E-state index contributed by atoms with van der Waals surface area (Å²) in [6.45, 7) is 14.1. The van der Waals surface area contributed by atoms with Crippen molar-refractivity contribution in [2.45, 2.75) is 79.1 Å². The highest BCUT2D eigenvalue weighted by molar-refractivity contribution is 7.09. The van der Waals surface area contributed by atoms with E-state index in [4.69, 9.17) is 9.47 Å². The van der Waals surface area contributed by atoms with Gasteiger partial charge < -0.3 is 19.5 Å². The van der Waals surface area contributed by atoms with Crippen molar-refractivity contribution in [2.24, 2.45) is 5.92 Å². The minimum Gasteiger partial charge on any atom is -0.461 e. The minimum absolute atomic E-state index is 0.109. The molecule has 1 aromatic heterocycles. The first kappa shape index (κ1) is 24.4. The van der Waals surface area contributed by atoms with Crippen LogP contribution in [-0.2, 0) is 9.47 Å². The number of hydrogen-bond acceptors (Lipinski definition) is 7. The number of thiazole rings is 1. The van der Waals surface area contributed by atoms with Crippen molar-refractivity contribution in [1.82, 2.24) is 9.88 Å². The van der Waals surface area contributed by atoms with Crippen LogP contribution in [0.1, 0.15) is 82.9 Å². The highest BCUT2D eigenvalue weighted by Gasteiger charge is 2.32. The molecule has 0 bridgehead atoms. The van der Waals surface area contributed by atoms with Gasteiger partial charge in [0.2, 0.25) is 0 Å². The number of aliphatic hydroxyl groups excluding tert-OH is 1. The van der Waals surface area contributed by atoms with E-state index in [1.54, 1.807) is 17.2 Å². The molecule has 160 valence electrons. The maximum Gasteiger partial charge on any atom is 0.410 e. The number of carbonyl (C=O) groups is 2. The van der Waals surface area contributed by atoms with Gasteiger partial charge in [-0.3, -0.25) is 0 Å². The molecule has 8 heteroatoms. The number of hydrogen-bond donors (Lipinski definition) is 1. The molecular formula is C20H34N2O5S. The molecule has 0 radical (unpaired) electrons. The zero-order valence-electron chi connectivity index (χ0n) is 18.0. The van der Waals surface area contributed by atoms with Crippen molar-refractivity contribution in [1.29, 1.82) is 0 Å². The molecule has 1 rings (SSSR count). The molecule has 0 saturated heterocycles. The molecule has 0 aliphatic heterocycles. The first-order valence-electron chi connectivity index (χ1n) is 9.80. The Balaban J connectivity index is 2.97. The lowest BCUT2D eigenvalue weighted by Gasteiger charge is -2.36. The molecule has 0 aliphatic rings. The molecule has 1 amide bonds. The van der Waals surface area contributed by atoms with Crippen molar-refractivity contribution in [3.05, 3.63) is 16.1 Å². The summed E-state index contributed by atoms with van der Waals surface area (Å²) < 4.78 is 10.5. The van der Waals surface area contributed by atoms with Gasteiger partial charge in [0, 0.05) is 24.4 Å². The lowest BCUT2D eigenvalue weighted by molar-refractivity contribution is 0.00305. The SMILES string of the molecule is CCCN(C(=O)OC(C)(C)C)C(C[C@@H](O)c1nc(C(=O)OCC)cs1)C(C)C. The van der Waals surface area contributed by atoms with Crippen LogP contribution in [0.25, 0.3) is 0 Å². The van der Waals surface area contributed by atoms with E-state index in [1.807, 2.05) is 41.5 Å². The number of amides is 1. The van der Waals surface area contributed by atoms with Crippen LogP contribution in [0.5, 0.6) is 0 Å². The second-order valence-electron chi connectivity index (χ2n) is 8.03. The highest BCUT2D eigenvalue weighted by atomic mass is 32.1. The van der Waals surface area contributed by atoms with E-state index in [2.05, 4.69) is 4.98 Å². The number of carbonyl (C=O) groups excluding carboxylic acids is 2. The number of aromatic nitrogens is 1. The van der Waals surface area contributed by atoms with Crippen LogP contribution >= 0.6 is 11.3 Å². The lowest BCUT2D eigenvalue weighted by atomic mass is 9.96. The summed E-state index contributed by atoms with van der Waals surface area (Å²) in [4.78, 5) is 30.4. The second-order valence-corrected chi connectivity index (χ2v) is 8.92. The van der Waals surface area contributed by atoms with E-state index in [0.717, 1.165) is 6.42 Å². The van der Waals surface area contributed by atoms with Crippen LogP contribution < -0.4 is 0 Å². The number of esters is 1. The van der Waals surface area contributed by atoms with Gasteiger partial charge in [-0.15, -0.1) is 11.3 Å².